The van der Waals surface area contributed by atoms with E-state index in [9.17, 15) is 9.59 Å². The lowest BCUT2D eigenvalue weighted by atomic mass is 9.88. The summed E-state index contributed by atoms with van der Waals surface area (Å²) in [5.74, 6) is -0.369. The van der Waals surface area contributed by atoms with Crippen LogP contribution in [0.25, 0.3) is 0 Å². The van der Waals surface area contributed by atoms with Crippen LogP contribution in [-0.4, -0.2) is 71.1 Å². The highest BCUT2D eigenvalue weighted by Crippen LogP contribution is 2.34. The monoisotopic (exact) mass is 281 g/mol. The molecule has 3 rings (SSSR count). The summed E-state index contributed by atoms with van der Waals surface area (Å²) in [6.45, 7) is 4.34. The molecule has 6 heteroatoms. The van der Waals surface area contributed by atoms with Crippen molar-refractivity contribution in [3.63, 3.8) is 0 Å². The third kappa shape index (κ3) is 2.42. The lowest BCUT2D eigenvalue weighted by Crippen LogP contribution is -2.54. The maximum Gasteiger partial charge on any atom is 0.320 e. The van der Waals surface area contributed by atoms with E-state index in [1.807, 2.05) is 9.80 Å². The molecule has 3 aliphatic rings. The SMILES string of the molecule is CC(C(=O)O)N1CCN(C(=O)C2CC3CCC2N3)CC1. The largest absolute Gasteiger partial charge is 0.480 e. The van der Waals surface area contributed by atoms with Crippen LogP contribution in [0.3, 0.4) is 0 Å². The molecular formula is C14H23N3O3. The molecule has 0 aliphatic carbocycles. The Bertz CT molecular complexity index is 406. The molecular weight excluding hydrogens is 258 g/mol. The van der Waals surface area contributed by atoms with E-state index < -0.39 is 12.0 Å². The van der Waals surface area contributed by atoms with Crippen molar-refractivity contribution in [1.29, 1.82) is 0 Å². The summed E-state index contributed by atoms with van der Waals surface area (Å²) in [4.78, 5) is 27.4. The van der Waals surface area contributed by atoms with Gasteiger partial charge < -0.3 is 15.3 Å². The number of carboxylic acid groups (broad SMARTS) is 1. The molecule has 2 N–H and O–H groups in total. The summed E-state index contributed by atoms with van der Waals surface area (Å²) in [5, 5.41) is 12.5. The zero-order chi connectivity index (χ0) is 14.3. The number of aliphatic carboxylic acids is 1. The normalized spacial score (nSPS) is 35.2. The van der Waals surface area contributed by atoms with Gasteiger partial charge in [0.15, 0.2) is 0 Å². The minimum absolute atomic E-state index is 0.150. The summed E-state index contributed by atoms with van der Waals surface area (Å²) < 4.78 is 0. The first kappa shape index (κ1) is 13.8. The molecule has 2 bridgehead atoms. The van der Waals surface area contributed by atoms with Gasteiger partial charge in [-0.25, -0.2) is 0 Å². The number of nitrogens with one attached hydrogen (secondary N) is 1. The molecule has 3 fully saturated rings. The maximum atomic E-state index is 12.6. The molecule has 6 nitrogen and oxygen atoms in total. The first-order chi connectivity index (χ1) is 9.56. The van der Waals surface area contributed by atoms with Crippen molar-refractivity contribution in [3.8, 4) is 0 Å². The molecule has 4 atom stereocenters. The second kappa shape index (κ2) is 5.33. The number of amides is 1. The fourth-order valence-electron chi connectivity index (χ4n) is 3.82. The number of piperazine rings is 1. The number of carboxylic acids is 1. The first-order valence-electron chi connectivity index (χ1n) is 7.58. The molecule has 3 saturated heterocycles. The van der Waals surface area contributed by atoms with Crippen LogP contribution in [0.5, 0.6) is 0 Å². The zero-order valence-electron chi connectivity index (χ0n) is 11.9. The van der Waals surface area contributed by atoms with Crippen molar-refractivity contribution in [2.45, 2.75) is 44.3 Å². The molecule has 1 amide bonds. The van der Waals surface area contributed by atoms with Gasteiger partial charge in [0.2, 0.25) is 5.91 Å². The number of carbonyl (C=O) groups excluding carboxylic acids is 1. The minimum Gasteiger partial charge on any atom is -0.480 e. The Hall–Kier alpha value is -1.14. The third-order valence-corrected chi connectivity index (χ3v) is 5.15. The van der Waals surface area contributed by atoms with Gasteiger partial charge >= 0.3 is 5.97 Å². The Morgan fingerprint density at radius 2 is 1.90 bits per heavy atom. The summed E-state index contributed by atoms with van der Waals surface area (Å²) in [7, 11) is 0. The van der Waals surface area contributed by atoms with Crippen molar-refractivity contribution in [1.82, 2.24) is 15.1 Å². The van der Waals surface area contributed by atoms with Gasteiger partial charge in [0, 0.05) is 38.3 Å². The topological polar surface area (TPSA) is 72.9 Å². The highest BCUT2D eigenvalue weighted by atomic mass is 16.4. The quantitative estimate of drug-likeness (QED) is 0.746. The fourth-order valence-corrected chi connectivity index (χ4v) is 3.82. The summed E-state index contributed by atoms with van der Waals surface area (Å²) >= 11 is 0. The molecule has 0 aromatic carbocycles. The Kier molecular flexibility index (Phi) is 3.69. The number of hydrogen-bond donors (Lipinski definition) is 2. The highest BCUT2D eigenvalue weighted by Gasteiger charge is 2.44. The zero-order valence-corrected chi connectivity index (χ0v) is 11.9. The summed E-state index contributed by atoms with van der Waals surface area (Å²) in [6.07, 6.45) is 3.31. The summed E-state index contributed by atoms with van der Waals surface area (Å²) in [6, 6.07) is 0.460. The Morgan fingerprint density at radius 1 is 1.20 bits per heavy atom. The number of carbonyl (C=O) groups is 2. The Balaban J connectivity index is 1.53. The second-order valence-electron chi connectivity index (χ2n) is 6.27. The van der Waals surface area contributed by atoms with Crippen LogP contribution in [0.15, 0.2) is 0 Å². The molecule has 4 unspecified atom stereocenters. The van der Waals surface area contributed by atoms with E-state index in [1.165, 1.54) is 6.42 Å². The molecule has 0 aromatic heterocycles. The Labute approximate surface area is 119 Å². The van der Waals surface area contributed by atoms with Crippen molar-refractivity contribution in [2.24, 2.45) is 5.92 Å². The van der Waals surface area contributed by atoms with E-state index in [-0.39, 0.29) is 11.8 Å². The van der Waals surface area contributed by atoms with Crippen molar-refractivity contribution >= 4 is 11.9 Å². The van der Waals surface area contributed by atoms with Gasteiger partial charge in [0.1, 0.15) is 6.04 Å². The van der Waals surface area contributed by atoms with Gasteiger partial charge in [0.25, 0.3) is 0 Å². The van der Waals surface area contributed by atoms with Crippen LogP contribution in [0, 0.1) is 5.92 Å². The van der Waals surface area contributed by atoms with E-state index in [0.717, 1.165) is 12.8 Å². The molecule has 0 saturated carbocycles. The van der Waals surface area contributed by atoms with Gasteiger partial charge in [-0.1, -0.05) is 0 Å². The maximum absolute atomic E-state index is 12.6. The lowest BCUT2D eigenvalue weighted by molar-refractivity contribution is -0.144. The number of nitrogens with zero attached hydrogens (tertiary/aromatic N) is 2. The third-order valence-electron chi connectivity index (χ3n) is 5.15. The van der Waals surface area contributed by atoms with Gasteiger partial charge in [0.05, 0.1) is 5.92 Å². The molecule has 0 spiro atoms. The van der Waals surface area contributed by atoms with Crippen molar-refractivity contribution < 1.29 is 14.7 Å². The van der Waals surface area contributed by atoms with E-state index in [4.69, 9.17) is 5.11 Å². The molecule has 20 heavy (non-hydrogen) atoms. The molecule has 0 radical (unpaired) electrons. The van der Waals surface area contributed by atoms with Gasteiger partial charge in [-0.2, -0.15) is 0 Å². The summed E-state index contributed by atoms with van der Waals surface area (Å²) in [5.41, 5.74) is 0. The van der Waals surface area contributed by atoms with Crippen LogP contribution >= 0.6 is 0 Å². The van der Waals surface area contributed by atoms with E-state index >= 15 is 0 Å². The molecule has 112 valence electrons. The van der Waals surface area contributed by atoms with Crippen LogP contribution in [0.2, 0.25) is 0 Å². The first-order valence-corrected chi connectivity index (χ1v) is 7.58. The predicted octanol–water partition coefficient (Wildman–Crippen LogP) is -0.256. The average molecular weight is 281 g/mol. The van der Waals surface area contributed by atoms with E-state index in [1.54, 1.807) is 6.92 Å². The van der Waals surface area contributed by atoms with E-state index in [0.29, 0.717) is 38.3 Å². The number of rotatable bonds is 3. The van der Waals surface area contributed by atoms with Crippen LogP contribution < -0.4 is 5.32 Å². The highest BCUT2D eigenvalue weighted by molar-refractivity contribution is 5.80. The standard InChI is InChI=1S/C14H23N3O3/c1-9(14(19)20)16-4-6-17(7-5-16)13(18)11-8-10-2-3-12(11)15-10/h9-12,15H,2-8H2,1H3,(H,19,20). The Morgan fingerprint density at radius 3 is 2.40 bits per heavy atom. The second-order valence-corrected chi connectivity index (χ2v) is 6.27. The molecule has 3 heterocycles. The smallest absolute Gasteiger partial charge is 0.320 e. The minimum atomic E-state index is -0.790. The number of hydrogen-bond acceptors (Lipinski definition) is 4. The van der Waals surface area contributed by atoms with E-state index in [2.05, 4.69) is 5.32 Å². The van der Waals surface area contributed by atoms with Gasteiger partial charge in [-0.15, -0.1) is 0 Å². The molecule has 0 aromatic rings. The fraction of sp³-hybridized carbons (Fsp3) is 0.857. The van der Waals surface area contributed by atoms with Gasteiger partial charge in [-0.3, -0.25) is 14.5 Å². The predicted molar refractivity (Wildman–Crippen MR) is 73.3 cm³/mol. The molecule has 3 aliphatic heterocycles. The van der Waals surface area contributed by atoms with Crippen LogP contribution in [0.4, 0.5) is 0 Å². The number of fused-ring (bicyclic) bond motifs is 2. The van der Waals surface area contributed by atoms with Crippen LogP contribution in [0.1, 0.15) is 26.2 Å². The van der Waals surface area contributed by atoms with Gasteiger partial charge in [-0.05, 0) is 26.2 Å². The van der Waals surface area contributed by atoms with Crippen molar-refractivity contribution in [3.05, 3.63) is 0 Å². The average Bonchev–Trinajstić information content (AvgIpc) is 3.08. The van der Waals surface area contributed by atoms with Crippen molar-refractivity contribution in [2.75, 3.05) is 26.2 Å². The lowest BCUT2D eigenvalue weighted by Gasteiger charge is -2.38. The van der Waals surface area contributed by atoms with Crippen LogP contribution in [-0.2, 0) is 9.59 Å².